The van der Waals surface area contributed by atoms with Gasteiger partial charge in [-0.05, 0) is 60.7 Å². The van der Waals surface area contributed by atoms with Crippen molar-refractivity contribution in [2.45, 2.75) is 58.5 Å². The Morgan fingerprint density at radius 2 is 1.70 bits per heavy atom. The highest BCUT2D eigenvalue weighted by atomic mass is 35.5. The van der Waals surface area contributed by atoms with Gasteiger partial charge >= 0.3 is 0 Å². The highest BCUT2D eigenvalue weighted by Crippen LogP contribution is 2.30. The number of carbonyl (C=O) groups is 1. The van der Waals surface area contributed by atoms with Crippen LogP contribution in [0.5, 0.6) is 0 Å². The zero-order chi connectivity index (χ0) is 24.9. The summed E-state index contributed by atoms with van der Waals surface area (Å²) in [5.41, 5.74) is 2.35. The van der Waals surface area contributed by atoms with Crippen LogP contribution in [0, 0.1) is 11.8 Å². The number of amides is 1. The fourth-order valence-corrected chi connectivity index (χ4v) is 5.56. The lowest BCUT2D eigenvalue weighted by Gasteiger charge is -2.32. The van der Waals surface area contributed by atoms with E-state index < -0.39 is 10.0 Å². The van der Waals surface area contributed by atoms with Crippen LogP contribution >= 0.6 is 11.6 Å². The van der Waals surface area contributed by atoms with E-state index in [4.69, 9.17) is 11.6 Å². The van der Waals surface area contributed by atoms with Gasteiger partial charge in [0.05, 0.1) is 4.90 Å². The van der Waals surface area contributed by atoms with Crippen LogP contribution in [0.2, 0.25) is 5.02 Å². The first-order valence-corrected chi connectivity index (χ1v) is 13.0. The van der Waals surface area contributed by atoms with Gasteiger partial charge in [-0.2, -0.15) is 4.31 Å². The molecule has 1 N–H and O–H groups in total. The number of carbonyl (C=O) groups excluding carboxylic acids is 1. The normalized spacial score (nSPS) is 12.9. The number of hydrogen-bond donors (Lipinski definition) is 1. The third-order valence-corrected chi connectivity index (χ3v) is 7.75. The number of nitrogens with zero attached hydrogens (tertiary/aromatic N) is 2. The van der Waals surface area contributed by atoms with Gasteiger partial charge in [-0.15, -0.1) is 0 Å². The number of benzene rings is 2. The van der Waals surface area contributed by atoms with Crippen molar-refractivity contribution in [3.8, 4) is 0 Å². The lowest BCUT2D eigenvalue weighted by Crippen LogP contribution is -2.41. The Bertz CT molecular complexity index is 1070. The second kappa shape index (κ2) is 11.4. The second-order valence-electron chi connectivity index (χ2n) is 9.38. The van der Waals surface area contributed by atoms with Crippen LogP contribution in [0.1, 0.15) is 46.6 Å². The minimum atomic E-state index is -3.82. The van der Waals surface area contributed by atoms with Crippen molar-refractivity contribution in [3.63, 3.8) is 0 Å². The third kappa shape index (κ3) is 7.19. The van der Waals surface area contributed by atoms with Crippen LogP contribution in [0.4, 0.5) is 11.4 Å². The molecular weight excluding hydrogens is 458 g/mol. The lowest BCUT2D eigenvalue weighted by atomic mass is 10.1. The lowest BCUT2D eigenvalue weighted by molar-refractivity contribution is -0.116. The molecule has 0 bridgehead atoms. The van der Waals surface area contributed by atoms with Gasteiger partial charge in [0.2, 0.25) is 15.9 Å². The molecule has 6 nitrogen and oxygen atoms in total. The molecule has 0 spiro atoms. The van der Waals surface area contributed by atoms with Gasteiger partial charge in [0, 0.05) is 49.5 Å². The van der Waals surface area contributed by atoms with Gasteiger partial charge in [0.25, 0.3) is 0 Å². The van der Waals surface area contributed by atoms with Crippen molar-refractivity contribution in [3.05, 3.63) is 53.1 Å². The summed E-state index contributed by atoms with van der Waals surface area (Å²) in [7, 11) is 0.0112. The molecule has 0 aliphatic rings. The minimum absolute atomic E-state index is 0.0625. The monoisotopic (exact) mass is 493 g/mol. The summed E-state index contributed by atoms with van der Waals surface area (Å²) < 4.78 is 28.9. The van der Waals surface area contributed by atoms with Crippen LogP contribution in [0.15, 0.2) is 47.4 Å². The van der Waals surface area contributed by atoms with Crippen LogP contribution < -0.4 is 10.2 Å². The first kappa shape index (κ1) is 27.2. The van der Waals surface area contributed by atoms with E-state index in [9.17, 15) is 13.2 Å². The standard InChI is InChI=1S/C25H36ClN3O3S/c1-17(2)13-25(30)27-22-11-12-24(28(6)7)20(14-22)16-29(19(5)18(3)4)33(31,32)23-10-8-9-21(26)15-23/h8-12,14-15,17-19H,13,16H2,1-7H3,(H,27,30)/t19-/m0/s1. The predicted molar refractivity (Wildman–Crippen MR) is 137 cm³/mol. The molecule has 2 rings (SSSR count). The minimum Gasteiger partial charge on any atom is -0.377 e. The zero-order valence-electron chi connectivity index (χ0n) is 20.6. The van der Waals surface area contributed by atoms with Gasteiger partial charge in [0.1, 0.15) is 0 Å². The molecule has 1 amide bonds. The number of nitrogens with one attached hydrogen (secondary N) is 1. The molecule has 0 fully saturated rings. The number of rotatable bonds is 10. The van der Waals surface area contributed by atoms with Gasteiger partial charge < -0.3 is 10.2 Å². The summed E-state index contributed by atoms with van der Waals surface area (Å²) in [6.07, 6.45) is 0.421. The fraction of sp³-hybridized carbons (Fsp3) is 0.480. The van der Waals surface area contributed by atoms with E-state index in [2.05, 4.69) is 5.32 Å². The number of anilines is 2. The summed E-state index contributed by atoms with van der Waals surface area (Å²) in [4.78, 5) is 14.4. The van der Waals surface area contributed by atoms with Crippen LogP contribution in [-0.4, -0.2) is 38.8 Å². The van der Waals surface area contributed by atoms with Crippen LogP contribution in [0.25, 0.3) is 0 Å². The average Bonchev–Trinajstić information content (AvgIpc) is 2.70. The van der Waals surface area contributed by atoms with E-state index in [1.54, 1.807) is 18.2 Å². The van der Waals surface area contributed by atoms with Gasteiger partial charge in [-0.1, -0.05) is 45.4 Å². The first-order chi connectivity index (χ1) is 15.3. The Kier molecular flexibility index (Phi) is 9.35. The Morgan fingerprint density at radius 1 is 1.03 bits per heavy atom. The van der Waals surface area contributed by atoms with Crippen molar-refractivity contribution in [1.29, 1.82) is 0 Å². The summed E-state index contributed by atoms with van der Waals surface area (Å²) in [6.45, 7) is 10.1. The number of halogens is 1. The third-order valence-electron chi connectivity index (χ3n) is 5.59. The molecule has 0 aliphatic carbocycles. The zero-order valence-corrected chi connectivity index (χ0v) is 22.2. The molecular formula is C25H36ClN3O3S. The van der Waals surface area contributed by atoms with E-state index in [0.717, 1.165) is 11.3 Å². The molecule has 182 valence electrons. The van der Waals surface area contributed by atoms with E-state index in [1.165, 1.54) is 10.4 Å². The van der Waals surface area contributed by atoms with E-state index in [1.807, 2.05) is 71.8 Å². The SMILES string of the molecule is CC(C)CC(=O)Nc1ccc(N(C)C)c(CN([C@@H](C)C(C)C)S(=O)(=O)c2cccc(Cl)c2)c1. The van der Waals surface area contributed by atoms with Crippen molar-refractivity contribution in [2.75, 3.05) is 24.3 Å². The highest BCUT2D eigenvalue weighted by molar-refractivity contribution is 7.89. The van der Waals surface area contributed by atoms with E-state index in [0.29, 0.717) is 17.1 Å². The molecule has 0 aliphatic heterocycles. The Morgan fingerprint density at radius 3 is 2.24 bits per heavy atom. The molecule has 2 aromatic rings. The largest absolute Gasteiger partial charge is 0.377 e. The van der Waals surface area contributed by atoms with Gasteiger partial charge in [-0.3, -0.25) is 4.79 Å². The van der Waals surface area contributed by atoms with E-state index >= 15 is 0 Å². The van der Waals surface area contributed by atoms with Crippen molar-refractivity contribution < 1.29 is 13.2 Å². The fourth-order valence-electron chi connectivity index (χ4n) is 3.52. The second-order valence-corrected chi connectivity index (χ2v) is 11.7. The molecule has 0 aromatic heterocycles. The summed E-state index contributed by atoms with van der Waals surface area (Å²) in [5.74, 6) is 0.277. The molecule has 0 saturated heterocycles. The maximum absolute atomic E-state index is 13.7. The maximum Gasteiger partial charge on any atom is 0.243 e. The van der Waals surface area contributed by atoms with Crippen molar-refractivity contribution >= 4 is 38.9 Å². The topological polar surface area (TPSA) is 69.7 Å². The molecule has 33 heavy (non-hydrogen) atoms. The van der Waals surface area contributed by atoms with Crippen LogP contribution in [0.3, 0.4) is 0 Å². The molecule has 1 atom stereocenters. The highest BCUT2D eigenvalue weighted by Gasteiger charge is 2.32. The molecule has 0 radical (unpaired) electrons. The Labute approximate surface area is 204 Å². The predicted octanol–water partition coefficient (Wildman–Crippen LogP) is 5.63. The molecule has 2 aromatic carbocycles. The smallest absolute Gasteiger partial charge is 0.243 e. The van der Waals surface area contributed by atoms with Crippen molar-refractivity contribution in [1.82, 2.24) is 4.31 Å². The molecule has 0 saturated carbocycles. The van der Waals surface area contributed by atoms with E-state index in [-0.39, 0.29) is 35.2 Å². The van der Waals surface area contributed by atoms with Crippen LogP contribution in [-0.2, 0) is 21.4 Å². The average molecular weight is 494 g/mol. The number of hydrogen-bond acceptors (Lipinski definition) is 4. The number of sulfonamides is 1. The molecule has 0 unspecified atom stereocenters. The summed E-state index contributed by atoms with van der Waals surface area (Å²) in [5, 5.41) is 3.31. The maximum atomic E-state index is 13.7. The Balaban J connectivity index is 2.52. The van der Waals surface area contributed by atoms with Gasteiger partial charge in [0.15, 0.2) is 0 Å². The first-order valence-electron chi connectivity index (χ1n) is 11.2. The van der Waals surface area contributed by atoms with Gasteiger partial charge in [-0.25, -0.2) is 8.42 Å². The van der Waals surface area contributed by atoms with Crippen molar-refractivity contribution in [2.24, 2.45) is 11.8 Å². The summed E-state index contributed by atoms with van der Waals surface area (Å²) >= 11 is 6.10. The quantitative estimate of drug-likeness (QED) is 0.466. The molecule has 0 heterocycles. The molecule has 8 heteroatoms. The Hall–Kier alpha value is -2.09. The summed E-state index contributed by atoms with van der Waals surface area (Å²) in [6, 6.07) is 11.7.